The minimum atomic E-state index is 0.285. The van der Waals surface area contributed by atoms with Gasteiger partial charge in [0.2, 0.25) is 0 Å². The molecule has 0 bridgehead atoms. The zero-order valence-electron chi connectivity index (χ0n) is 9.35. The lowest BCUT2D eigenvalue weighted by atomic mass is 10.0. The van der Waals surface area contributed by atoms with Crippen molar-refractivity contribution in [3.63, 3.8) is 0 Å². The van der Waals surface area contributed by atoms with Crippen molar-refractivity contribution in [2.45, 2.75) is 33.2 Å². The first-order chi connectivity index (χ1) is 5.99. The maximum Gasteiger partial charge on any atom is 0.0252 e. The zero-order chi connectivity index (χ0) is 9.90. The van der Waals surface area contributed by atoms with Crippen LogP contribution in [0.1, 0.15) is 27.7 Å². The van der Waals surface area contributed by atoms with Gasteiger partial charge in [-0.25, -0.2) is 0 Å². The lowest BCUT2D eigenvalue weighted by Crippen LogP contribution is -2.56. The molecule has 1 saturated heterocycles. The van der Waals surface area contributed by atoms with Gasteiger partial charge < -0.3 is 5.32 Å². The molecule has 2 heteroatoms. The molecule has 0 atom stereocenters. The van der Waals surface area contributed by atoms with Crippen molar-refractivity contribution in [3.05, 3.63) is 11.6 Å². The summed E-state index contributed by atoms with van der Waals surface area (Å²) in [6.07, 6.45) is 2.31. The molecule has 0 aromatic carbocycles. The molecule has 1 aliphatic rings. The summed E-state index contributed by atoms with van der Waals surface area (Å²) in [5.74, 6) is 0. The zero-order valence-corrected chi connectivity index (χ0v) is 9.35. The van der Waals surface area contributed by atoms with Crippen LogP contribution in [0, 0.1) is 0 Å². The van der Waals surface area contributed by atoms with E-state index in [9.17, 15) is 0 Å². The van der Waals surface area contributed by atoms with Crippen molar-refractivity contribution in [1.29, 1.82) is 0 Å². The molecule has 0 aromatic rings. The van der Waals surface area contributed by atoms with Gasteiger partial charge in [-0.3, -0.25) is 4.90 Å². The van der Waals surface area contributed by atoms with Gasteiger partial charge in [0.15, 0.2) is 0 Å². The number of hydrogen-bond donors (Lipinski definition) is 1. The average molecular weight is 182 g/mol. The van der Waals surface area contributed by atoms with E-state index in [2.05, 4.69) is 44.0 Å². The van der Waals surface area contributed by atoms with Crippen molar-refractivity contribution in [2.24, 2.45) is 0 Å². The fourth-order valence-electron chi connectivity index (χ4n) is 1.71. The van der Waals surface area contributed by atoms with E-state index < -0.39 is 0 Å². The van der Waals surface area contributed by atoms with Crippen molar-refractivity contribution in [2.75, 3.05) is 26.2 Å². The molecule has 0 unspecified atom stereocenters. The highest BCUT2D eigenvalue weighted by molar-refractivity contribution is 4.97. The van der Waals surface area contributed by atoms with Crippen LogP contribution < -0.4 is 5.32 Å². The first-order valence-corrected chi connectivity index (χ1v) is 5.10. The quantitative estimate of drug-likeness (QED) is 0.653. The van der Waals surface area contributed by atoms with Gasteiger partial charge in [-0.1, -0.05) is 11.6 Å². The Morgan fingerprint density at radius 2 is 2.15 bits per heavy atom. The molecule has 0 spiro atoms. The molecular formula is C11H22N2. The maximum absolute atomic E-state index is 3.51. The second-order valence-electron chi connectivity index (χ2n) is 4.83. The minimum Gasteiger partial charge on any atom is -0.309 e. The Labute approximate surface area is 82.0 Å². The van der Waals surface area contributed by atoms with Crippen LogP contribution in [-0.4, -0.2) is 36.6 Å². The van der Waals surface area contributed by atoms with Crippen LogP contribution in [0.25, 0.3) is 0 Å². The highest BCUT2D eigenvalue weighted by Gasteiger charge is 2.24. The van der Waals surface area contributed by atoms with Crippen LogP contribution >= 0.6 is 0 Å². The third-order valence-electron chi connectivity index (χ3n) is 2.41. The van der Waals surface area contributed by atoms with Crippen LogP contribution in [-0.2, 0) is 0 Å². The first-order valence-electron chi connectivity index (χ1n) is 5.10. The van der Waals surface area contributed by atoms with E-state index in [0.29, 0.717) is 0 Å². The molecule has 1 aliphatic heterocycles. The van der Waals surface area contributed by atoms with E-state index >= 15 is 0 Å². The lowest BCUT2D eigenvalue weighted by molar-refractivity contribution is 0.168. The van der Waals surface area contributed by atoms with Crippen LogP contribution in [0.3, 0.4) is 0 Å². The fraction of sp³-hybridized carbons (Fsp3) is 0.818. The summed E-state index contributed by atoms with van der Waals surface area (Å²) in [6, 6.07) is 0. The Hall–Kier alpha value is -0.340. The molecule has 0 amide bonds. The van der Waals surface area contributed by atoms with Crippen LogP contribution in [0.4, 0.5) is 0 Å². The minimum absolute atomic E-state index is 0.285. The highest BCUT2D eigenvalue weighted by atomic mass is 15.2. The molecule has 1 N–H and O–H groups in total. The van der Waals surface area contributed by atoms with Gasteiger partial charge in [0.25, 0.3) is 0 Å². The monoisotopic (exact) mass is 182 g/mol. The molecule has 0 aliphatic carbocycles. The molecule has 0 radical (unpaired) electrons. The normalized spacial score (nSPS) is 22.8. The summed E-state index contributed by atoms with van der Waals surface area (Å²) in [7, 11) is 0. The van der Waals surface area contributed by atoms with E-state index in [1.54, 1.807) is 0 Å². The number of hydrogen-bond acceptors (Lipinski definition) is 2. The Bertz CT molecular complexity index is 190. The van der Waals surface area contributed by atoms with Crippen molar-refractivity contribution >= 4 is 0 Å². The standard InChI is InChI=1S/C11H22N2/c1-10(2)5-7-13-8-6-12-11(3,4)9-13/h5,12H,6-9H2,1-4H3. The molecule has 1 fully saturated rings. The summed E-state index contributed by atoms with van der Waals surface area (Å²) in [5, 5.41) is 3.51. The molecule has 2 nitrogen and oxygen atoms in total. The third kappa shape index (κ3) is 3.92. The van der Waals surface area contributed by atoms with Gasteiger partial charge in [0, 0.05) is 31.7 Å². The molecule has 0 aromatic heterocycles. The first kappa shape index (κ1) is 10.7. The highest BCUT2D eigenvalue weighted by Crippen LogP contribution is 2.09. The fourth-order valence-corrected chi connectivity index (χ4v) is 1.71. The van der Waals surface area contributed by atoms with Crippen LogP contribution in [0.15, 0.2) is 11.6 Å². The predicted molar refractivity (Wildman–Crippen MR) is 58.0 cm³/mol. The largest absolute Gasteiger partial charge is 0.309 e. The smallest absolute Gasteiger partial charge is 0.0252 e. The number of nitrogens with one attached hydrogen (secondary N) is 1. The third-order valence-corrected chi connectivity index (χ3v) is 2.41. The number of piperazine rings is 1. The molecular weight excluding hydrogens is 160 g/mol. The average Bonchev–Trinajstić information content (AvgIpc) is 1.99. The number of rotatable bonds is 2. The van der Waals surface area contributed by atoms with Crippen molar-refractivity contribution in [3.8, 4) is 0 Å². The van der Waals surface area contributed by atoms with Gasteiger partial charge in [-0.2, -0.15) is 0 Å². The van der Waals surface area contributed by atoms with Crippen LogP contribution in [0.2, 0.25) is 0 Å². The number of nitrogens with zero attached hydrogens (tertiary/aromatic N) is 1. The van der Waals surface area contributed by atoms with E-state index in [1.807, 2.05) is 0 Å². The van der Waals surface area contributed by atoms with Gasteiger partial charge >= 0.3 is 0 Å². The van der Waals surface area contributed by atoms with E-state index in [4.69, 9.17) is 0 Å². The lowest BCUT2D eigenvalue weighted by Gasteiger charge is -2.38. The second kappa shape index (κ2) is 4.25. The summed E-state index contributed by atoms with van der Waals surface area (Å²) in [5.41, 5.74) is 1.70. The van der Waals surface area contributed by atoms with E-state index in [-0.39, 0.29) is 5.54 Å². The predicted octanol–water partition coefficient (Wildman–Crippen LogP) is 1.64. The van der Waals surface area contributed by atoms with Crippen LogP contribution in [0.5, 0.6) is 0 Å². The topological polar surface area (TPSA) is 15.3 Å². The SMILES string of the molecule is CC(C)=CCN1CCNC(C)(C)C1. The van der Waals surface area contributed by atoms with E-state index in [1.165, 1.54) is 12.1 Å². The molecule has 1 heterocycles. The summed E-state index contributed by atoms with van der Waals surface area (Å²) in [6.45, 7) is 13.4. The Morgan fingerprint density at radius 3 is 2.69 bits per heavy atom. The summed E-state index contributed by atoms with van der Waals surface area (Å²) in [4.78, 5) is 2.50. The molecule has 0 saturated carbocycles. The van der Waals surface area contributed by atoms with Gasteiger partial charge in [0.1, 0.15) is 0 Å². The molecule has 13 heavy (non-hydrogen) atoms. The van der Waals surface area contributed by atoms with Gasteiger partial charge in [-0.05, 0) is 27.7 Å². The summed E-state index contributed by atoms with van der Waals surface area (Å²) < 4.78 is 0. The van der Waals surface area contributed by atoms with Crippen molar-refractivity contribution < 1.29 is 0 Å². The molecule has 76 valence electrons. The van der Waals surface area contributed by atoms with E-state index in [0.717, 1.165) is 19.6 Å². The Morgan fingerprint density at radius 1 is 1.46 bits per heavy atom. The second-order valence-corrected chi connectivity index (χ2v) is 4.83. The maximum atomic E-state index is 3.51. The Kier molecular flexibility index (Phi) is 3.51. The molecule has 1 rings (SSSR count). The van der Waals surface area contributed by atoms with Gasteiger partial charge in [0.05, 0.1) is 0 Å². The number of allylic oxidation sites excluding steroid dienone is 1. The summed E-state index contributed by atoms with van der Waals surface area (Å²) >= 11 is 0. The van der Waals surface area contributed by atoms with Crippen molar-refractivity contribution in [1.82, 2.24) is 10.2 Å². The van der Waals surface area contributed by atoms with Gasteiger partial charge in [-0.15, -0.1) is 0 Å². The Balaban J connectivity index is 2.39.